The number of nitrogens with one attached hydrogen (secondary N) is 1. The van der Waals surface area contributed by atoms with Crippen LogP contribution >= 0.6 is 0 Å². The molecule has 4 rings (SSSR count). The third-order valence-corrected chi connectivity index (χ3v) is 7.76. The van der Waals surface area contributed by atoms with Crippen molar-refractivity contribution in [1.82, 2.24) is 4.90 Å². The van der Waals surface area contributed by atoms with E-state index in [9.17, 15) is 9.90 Å². The van der Waals surface area contributed by atoms with E-state index in [2.05, 4.69) is 67.4 Å². The molecule has 0 saturated carbocycles. The Bertz CT molecular complexity index is 1260. The fourth-order valence-corrected chi connectivity index (χ4v) is 5.45. The fourth-order valence-electron chi connectivity index (χ4n) is 5.45. The minimum atomic E-state index is -0.807. The van der Waals surface area contributed by atoms with Gasteiger partial charge in [0, 0.05) is 43.5 Å². The summed E-state index contributed by atoms with van der Waals surface area (Å²) in [7, 11) is 4.04. The SMILES string of the molecule is Cc1ccc(C)c(C(=O)N2CCCC(C(O)Nc3cccc(C(C)(C)C)c3)C2c2ccc(N(C)C)cc2)c1. The molecule has 1 aliphatic heterocycles. The second-order valence-corrected chi connectivity index (χ2v) is 12.0. The van der Waals surface area contributed by atoms with Crippen molar-refractivity contribution in [1.29, 1.82) is 0 Å². The maximum Gasteiger partial charge on any atom is 0.254 e. The number of piperidine rings is 1. The van der Waals surface area contributed by atoms with Crippen molar-refractivity contribution in [2.24, 2.45) is 5.92 Å². The van der Waals surface area contributed by atoms with E-state index in [-0.39, 0.29) is 23.3 Å². The number of nitrogens with zero attached hydrogens (tertiary/aromatic N) is 2. The van der Waals surface area contributed by atoms with Crippen LogP contribution in [-0.4, -0.2) is 42.8 Å². The van der Waals surface area contributed by atoms with Crippen LogP contribution in [0.3, 0.4) is 0 Å². The standard InChI is InChI=1S/C33H43N3O2/c1-22-13-14-23(2)29(20-22)32(38)36-19-9-12-28(30(36)24-15-17-27(18-16-24)35(6)7)31(37)34-26-11-8-10-25(21-26)33(3,4)5/h8,10-11,13-18,20-21,28,30-31,34,37H,9,12,19H2,1-7H3. The quantitative estimate of drug-likeness (QED) is 0.361. The van der Waals surface area contributed by atoms with Gasteiger partial charge in [0.2, 0.25) is 0 Å². The van der Waals surface area contributed by atoms with Gasteiger partial charge in [0.1, 0.15) is 6.23 Å². The van der Waals surface area contributed by atoms with Crippen molar-refractivity contribution < 1.29 is 9.90 Å². The van der Waals surface area contributed by atoms with Gasteiger partial charge in [0.15, 0.2) is 0 Å². The lowest BCUT2D eigenvalue weighted by Crippen LogP contribution is -2.48. The lowest BCUT2D eigenvalue weighted by molar-refractivity contribution is 0.0160. The van der Waals surface area contributed by atoms with Crippen LogP contribution in [0.5, 0.6) is 0 Å². The van der Waals surface area contributed by atoms with Crippen molar-refractivity contribution >= 4 is 17.3 Å². The number of aryl methyl sites for hydroxylation is 2. The molecule has 3 unspecified atom stereocenters. The molecule has 38 heavy (non-hydrogen) atoms. The first-order valence-corrected chi connectivity index (χ1v) is 13.7. The number of hydrogen-bond donors (Lipinski definition) is 2. The van der Waals surface area contributed by atoms with Crippen LogP contribution in [0, 0.1) is 19.8 Å². The van der Waals surface area contributed by atoms with Gasteiger partial charge in [-0.05, 0) is 79.1 Å². The number of amides is 1. The molecule has 1 fully saturated rings. The van der Waals surface area contributed by atoms with Gasteiger partial charge >= 0.3 is 0 Å². The van der Waals surface area contributed by atoms with E-state index in [0.29, 0.717) is 6.54 Å². The summed E-state index contributed by atoms with van der Waals surface area (Å²) in [5, 5.41) is 15.0. The molecule has 5 nitrogen and oxygen atoms in total. The second kappa shape index (κ2) is 11.2. The van der Waals surface area contributed by atoms with E-state index in [1.807, 2.05) is 63.2 Å². The lowest BCUT2D eigenvalue weighted by atomic mass is 9.82. The highest BCUT2D eigenvalue weighted by Gasteiger charge is 2.40. The summed E-state index contributed by atoms with van der Waals surface area (Å²) in [6.45, 7) is 11.2. The molecular weight excluding hydrogens is 470 g/mol. The largest absolute Gasteiger partial charge is 0.378 e. The predicted molar refractivity (Wildman–Crippen MR) is 158 cm³/mol. The minimum Gasteiger partial charge on any atom is -0.378 e. The molecule has 1 heterocycles. The monoisotopic (exact) mass is 513 g/mol. The Morgan fingerprint density at radius 2 is 1.74 bits per heavy atom. The highest BCUT2D eigenvalue weighted by atomic mass is 16.3. The summed E-state index contributed by atoms with van der Waals surface area (Å²) >= 11 is 0. The first kappa shape index (κ1) is 27.7. The minimum absolute atomic E-state index is 0.0130. The lowest BCUT2D eigenvalue weighted by Gasteiger charge is -2.44. The average molecular weight is 514 g/mol. The average Bonchev–Trinajstić information content (AvgIpc) is 2.89. The Balaban J connectivity index is 1.70. The Kier molecular flexibility index (Phi) is 8.17. The Morgan fingerprint density at radius 3 is 2.39 bits per heavy atom. The summed E-state index contributed by atoms with van der Waals surface area (Å²) in [6.07, 6.45) is 0.857. The number of benzene rings is 3. The molecule has 1 saturated heterocycles. The molecule has 1 aliphatic rings. The number of likely N-dealkylation sites (tertiary alicyclic amines) is 1. The van der Waals surface area contributed by atoms with Crippen LogP contribution < -0.4 is 10.2 Å². The molecule has 0 aromatic heterocycles. The zero-order valence-corrected chi connectivity index (χ0v) is 24.0. The van der Waals surface area contributed by atoms with Crippen LogP contribution in [0.15, 0.2) is 66.7 Å². The van der Waals surface area contributed by atoms with Gasteiger partial charge in [-0.1, -0.05) is 62.7 Å². The van der Waals surface area contributed by atoms with Gasteiger partial charge in [-0.2, -0.15) is 0 Å². The second-order valence-electron chi connectivity index (χ2n) is 12.0. The zero-order valence-electron chi connectivity index (χ0n) is 24.0. The van der Waals surface area contributed by atoms with E-state index in [0.717, 1.165) is 46.5 Å². The molecule has 1 amide bonds. The normalized spacial score (nSPS) is 18.7. The Morgan fingerprint density at radius 1 is 1.03 bits per heavy atom. The molecule has 0 aliphatic carbocycles. The van der Waals surface area contributed by atoms with E-state index in [1.165, 1.54) is 5.56 Å². The number of hydrogen-bond acceptors (Lipinski definition) is 4. The topological polar surface area (TPSA) is 55.8 Å². The van der Waals surface area contributed by atoms with E-state index in [1.54, 1.807) is 0 Å². The first-order valence-electron chi connectivity index (χ1n) is 13.7. The summed E-state index contributed by atoms with van der Waals surface area (Å²) < 4.78 is 0. The maximum absolute atomic E-state index is 14.0. The summed E-state index contributed by atoms with van der Waals surface area (Å²) in [5.41, 5.74) is 7.04. The third kappa shape index (κ3) is 6.05. The van der Waals surface area contributed by atoms with Gasteiger partial charge in [-0.25, -0.2) is 0 Å². The zero-order chi connectivity index (χ0) is 27.6. The molecule has 3 atom stereocenters. The van der Waals surface area contributed by atoms with Gasteiger partial charge in [0.05, 0.1) is 6.04 Å². The van der Waals surface area contributed by atoms with Crippen molar-refractivity contribution in [2.45, 2.75) is 65.1 Å². The molecule has 202 valence electrons. The van der Waals surface area contributed by atoms with Crippen LogP contribution in [0.25, 0.3) is 0 Å². The van der Waals surface area contributed by atoms with E-state index in [4.69, 9.17) is 0 Å². The number of anilines is 2. The highest BCUT2D eigenvalue weighted by Crippen LogP contribution is 2.40. The number of aliphatic hydroxyl groups excluding tert-OH is 1. The molecule has 2 N–H and O–H groups in total. The highest BCUT2D eigenvalue weighted by molar-refractivity contribution is 5.96. The summed E-state index contributed by atoms with van der Waals surface area (Å²) in [5.74, 6) is -0.138. The molecule has 3 aromatic carbocycles. The first-order chi connectivity index (χ1) is 18.0. The number of carbonyl (C=O) groups excluding carboxylic acids is 1. The number of carbonyl (C=O) groups is 1. The van der Waals surface area contributed by atoms with Crippen LogP contribution in [0.4, 0.5) is 11.4 Å². The van der Waals surface area contributed by atoms with E-state index >= 15 is 0 Å². The van der Waals surface area contributed by atoms with Crippen LogP contribution in [-0.2, 0) is 5.41 Å². The maximum atomic E-state index is 14.0. The smallest absolute Gasteiger partial charge is 0.254 e. The van der Waals surface area contributed by atoms with Gasteiger partial charge in [-0.15, -0.1) is 0 Å². The molecule has 0 spiro atoms. The molecule has 3 aromatic rings. The number of rotatable bonds is 6. The van der Waals surface area contributed by atoms with Crippen LogP contribution in [0.2, 0.25) is 0 Å². The van der Waals surface area contributed by atoms with Crippen molar-refractivity contribution in [3.8, 4) is 0 Å². The third-order valence-electron chi connectivity index (χ3n) is 7.76. The van der Waals surface area contributed by atoms with Gasteiger partial charge in [0.25, 0.3) is 5.91 Å². The van der Waals surface area contributed by atoms with Crippen molar-refractivity contribution in [2.75, 3.05) is 30.9 Å². The van der Waals surface area contributed by atoms with Crippen molar-refractivity contribution in [3.05, 3.63) is 94.5 Å². The Hall–Kier alpha value is -3.31. The van der Waals surface area contributed by atoms with Gasteiger partial charge < -0.3 is 20.2 Å². The van der Waals surface area contributed by atoms with Crippen LogP contribution in [0.1, 0.15) is 72.3 Å². The molecule has 5 heteroatoms. The molecule has 0 radical (unpaired) electrons. The Labute approximate surface area is 228 Å². The summed E-state index contributed by atoms with van der Waals surface area (Å²) in [6, 6.07) is 22.5. The van der Waals surface area contributed by atoms with Crippen molar-refractivity contribution in [3.63, 3.8) is 0 Å². The van der Waals surface area contributed by atoms with E-state index < -0.39 is 6.23 Å². The molecule has 0 bridgehead atoms. The molecular formula is C33H43N3O2. The fraction of sp³-hybridized carbons (Fsp3) is 0.424. The summed E-state index contributed by atoms with van der Waals surface area (Å²) in [4.78, 5) is 18.1. The number of aliphatic hydroxyl groups is 1. The predicted octanol–water partition coefficient (Wildman–Crippen LogP) is 6.69. The van der Waals surface area contributed by atoms with Gasteiger partial charge in [-0.3, -0.25) is 4.79 Å².